The predicted octanol–water partition coefficient (Wildman–Crippen LogP) is 4.79. The van der Waals surface area contributed by atoms with Gasteiger partial charge in [-0.2, -0.15) is 0 Å². The Labute approximate surface area is 112 Å². The first-order valence-corrected chi connectivity index (χ1v) is 6.07. The van der Waals surface area contributed by atoms with Crippen LogP contribution in [0.15, 0.2) is 55.1 Å². The average molecular weight is 256 g/mol. The zero-order chi connectivity index (χ0) is 13.1. The van der Waals surface area contributed by atoms with Crippen LogP contribution in [0.25, 0.3) is 5.57 Å². The predicted molar refractivity (Wildman–Crippen MR) is 78.5 cm³/mol. The molecule has 2 heteroatoms. The molecule has 0 spiro atoms. The van der Waals surface area contributed by atoms with E-state index in [-0.39, 0.29) is 0 Å². The lowest BCUT2D eigenvalue weighted by molar-refractivity contribution is 1.43. The van der Waals surface area contributed by atoms with E-state index in [0.717, 1.165) is 22.3 Å². The fourth-order valence-corrected chi connectivity index (χ4v) is 1.97. The number of benzene rings is 2. The lowest BCUT2D eigenvalue weighted by Crippen LogP contribution is -2.04. The molecule has 90 valence electrons. The van der Waals surface area contributed by atoms with Gasteiger partial charge in [0, 0.05) is 16.1 Å². The van der Waals surface area contributed by atoms with Crippen LogP contribution in [0.3, 0.4) is 0 Å². The lowest BCUT2D eigenvalue weighted by atomic mass is 9.94. The molecule has 2 aromatic carbocycles. The molecule has 0 saturated carbocycles. The number of rotatable bonds is 3. The molecular weight excluding hydrogens is 242 g/mol. The molecule has 0 aliphatic rings. The molecular formula is C16H14ClN. The number of hydrogen-bond donors (Lipinski definition) is 1. The highest BCUT2D eigenvalue weighted by atomic mass is 35.5. The van der Waals surface area contributed by atoms with Crippen molar-refractivity contribution >= 4 is 22.9 Å². The number of halogens is 1. The van der Waals surface area contributed by atoms with Gasteiger partial charge in [-0.3, -0.25) is 5.41 Å². The van der Waals surface area contributed by atoms with Gasteiger partial charge in [0.05, 0.1) is 5.71 Å². The zero-order valence-corrected chi connectivity index (χ0v) is 11.0. The van der Waals surface area contributed by atoms with Gasteiger partial charge in [-0.25, -0.2) is 0 Å². The maximum absolute atomic E-state index is 8.29. The van der Waals surface area contributed by atoms with Crippen LogP contribution in [-0.2, 0) is 0 Å². The molecule has 0 bridgehead atoms. The van der Waals surface area contributed by atoms with Crippen LogP contribution in [-0.4, -0.2) is 5.71 Å². The largest absolute Gasteiger partial charge is 0.300 e. The van der Waals surface area contributed by atoms with Crippen molar-refractivity contribution in [2.45, 2.75) is 6.92 Å². The summed E-state index contributed by atoms with van der Waals surface area (Å²) in [5.74, 6) is 0. The summed E-state index contributed by atoms with van der Waals surface area (Å²) >= 11 is 5.86. The van der Waals surface area contributed by atoms with E-state index in [0.29, 0.717) is 10.7 Å². The Morgan fingerprint density at radius 1 is 1.00 bits per heavy atom. The van der Waals surface area contributed by atoms with Crippen molar-refractivity contribution < 1.29 is 0 Å². The Bertz CT molecular complexity index is 597. The molecule has 0 aromatic heterocycles. The van der Waals surface area contributed by atoms with E-state index >= 15 is 0 Å². The van der Waals surface area contributed by atoms with Crippen LogP contribution in [0.1, 0.15) is 23.6 Å². The van der Waals surface area contributed by atoms with Crippen molar-refractivity contribution in [1.29, 1.82) is 5.41 Å². The third kappa shape index (κ3) is 2.52. The minimum Gasteiger partial charge on any atom is -0.300 e. The van der Waals surface area contributed by atoms with Gasteiger partial charge in [-0.15, -0.1) is 0 Å². The fraction of sp³-hybridized carbons (Fsp3) is 0.0625. The van der Waals surface area contributed by atoms with Crippen LogP contribution < -0.4 is 0 Å². The summed E-state index contributed by atoms with van der Waals surface area (Å²) in [5, 5.41) is 8.97. The van der Waals surface area contributed by atoms with Gasteiger partial charge in [-0.1, -0.05) is 60.2 Å². The molecule has 0 aliphatic carbocycles. The van der Waals surface area contributed by atoms with Crippen molar-refractivity contribution in [1.82, 2.24) is 0 Å². The molecule has 1 nitrogen and oxygen atoms in total. The van der Waals surface area contributed by atoms with Crippen molar-refractivity contribution in [2.24, 2.45) is 0 Å². The molecule has 0 heterocycles. The summed E-state index contributed by atoms with van der Waals surface area (Å²) in [4.78, 5) is 0. The Morgan fingerprint density at radius 3 is 2.11 bits per heavy atom. The van der Waals surface area contributed by atoms with Gasteiger partial charge in [-0.05, 0) is 24.6 Å². The Kier molecular flexibility index (Phi) is 3.63. The molecule has 0 saturated heterocycles. The molecule has 0 amide bonds. The Balaban J connectivity index is 2.46. The van der Waals surface area contributed by atoms with Crippen molar-refractivity contribution in [3.63, 3.8) is 0 Å². The SMILES string of the molecule is C=C(C)c1ccccc1C(=N)c1ccc(Cl)cc1. The van der Waals surface area contributed by atoms with Crippen molar-refractivity contribution in [2.75, 3.05) is 0 Å². The maximum Gasteiger partial charge on any atom is 0.0690 e. The van der Waals surface area contributed by atoms with Crippen molar-refractivity contribution in [3.05, 3.63) is 76.8 Å². The lowest BCUT2D eigenvalue weighted by Gasteiger charge is -2.10. The molecule has 0 unspecified atom stereocenters. The highest BCUT2D eigenvalue weighted by Gasteiger charge is 2.09. The minimum atomic E-state index is 0.491. The third-order valence-electron chi connectivity index (χ3n) is 2.79. The average Bonchev–Trinajstić information content (AvgIpc) is 2.39. The van der Waals surface area contributed by atoms with E-state index in [2.05, 4.69) is 6.58 Å². The van der Waals surface area contributed by atoms with Gasteiger partial charge >= 0.3 is 0 Å². The van der Waals surface area contributed by atoms with Crippen molar-refractivity contribution in [3.8, 4) is 0 Å². The molecule has 1 N–H and O–H groups in total. The van der Waals surface area contributed by atoms with Gasteiger partial charge in [0.2, 0.25) is 0 Å². The quantitative estimate of drug-likeness (QED) is 0.763. The van der Waals surface area contributed by atoms with Crippen LogP contribution in [0.4, 0.5) is 0 Å². The molecule has 0 aliphatic heterocycles. The van der Waals surface area contributed by atoms with E-state index in [9.17, 15) is 0 Å². The minimum absolute atomic E-state index is 0.491. The van der Waals surface area contributed by atoms with Gasteiger partial charge < -0.3 is 0 Å². The third-order valence-corrected chi connectivity index (χ3v) is 3.04. The smallest absolute Gasteiger partial charge is 0.0690 e. The first-order valence-electron chi connectivity index (χ1n) is 5.69. The standard InChI is InChI=1S/C16H14ClN/c1-11(2)14-5-3-4-6-15(14)16(18)12-7-9-13(17)10-8-12/h3-10,18H,1H2,2H3. The second-order valence-electron chi connectivity index (χ2n) is 4.21. The van der Waals surface area contributed by atoms with Gasteiger partial charge in [0.25, 0.3) is 0 Å². The van der Waals surface area contributed by atoms with Crippen LogP contribution in [0.5, 0.6) is 0 Å². The molecule has 2 aromatic rings. The van der Waals surface area contributed by atoms with E-state index in [1.165, 1.54) is 0 Å². The Morgan fingerprint density at radius 2 is 1.56 bits per heavy atom. The highest BCUT2D eigenvalue weighted by Crippen LogP contribution is 2.21. The van der Waals surface area contributed by atoms with E-state index < -0.39 is 0 Å². The summed E-state index contributed by atoms with van der Waals surface area (Å²) in [6.07, 6.45) is 0. The highest BCUT2D eigenvalue weighted by molar-refractivity contribution is 6.30. The second-order valence-corrected chi connectivity index (χ2v) is 4.64. The monoisotopic (exact) mass is 255 g/mol. The molecule has 0 radical (unpaired) electrons. The molecule has 0 fully saturated rings. The summed E-state index contributed by atoms with van der Waals surface area (Å²) in [6, 6.07) is 15.2. The molecule has 0 atom stereocenters. The summed E-state index contributed by atoms with van der Waals surface area (Å²) in [7, 11) is 0. The topological polar surface area (TPSA) is 23.9 Å². The Hall–Kier alpha value is -1.86. The van der Waals surface area contributed by atoms with Crippen LogP contribution in [0, 0.1) is 5.41 Å². The number of allylic oxidation sites excluding steroid dienone is 1. The normalized spacial score (nSPS) is 10.1. The zero-order valence-electron chi connectivity index (χ0n) is 10.2. The fourth-order valence-electron chi connectivity index (χ4n) is 1.85. The number of hydrogen-bond acceptors (Lipinski definition) is 1. The van der Waals surface area contributed by atoms with Gasteiger partial charge in [0.1, 0.15) is 0 Å². The summed E-state index contributed by atoms with van der Waals surface area (Å²) < 4.78 is 0. The molecule has 18 heavy (non-hydrogen) atoms. The maximum atomic E-state index is 8.29. The van der Waals surface area contributed by atoms with Crippen LogP contribution in [0.2, 0.25) is 5.02 Å². The van der Waals surface area contributed by atoms with E-state index in [1.807, 2.05) is 43.3 Å². The van der Waals surface area contributed by atoms with E-state index in [4.69, 9.17) is 17.0 Å². The first-order chi connectivity index (χ1) is 8.59. The van der Waals surface area contributed by atoms with Gasteiger partial charge in [0.15, 0.2) is 0 Å². The second kappa shape index (κ2) is 5.19. The van der Waals surface area contributed by atoms with Crippen LogP contribution >= 0.6 is 11.6 Å². The van der Waals surface area contributed by atoms with E-state index in [1.54, 1.807) is 12.1 Å². The summed E-state index contributed by atoms with van der Waals surface area (Å²) in [6.45, 7) is 5.91. The first kappa shape index (κ1) is 12.6. The summed E-state index contributed by atoms with van der Waals surface area (Å²) in [5.41, 5.74) is 4.22. The number of nitrogens with one attached hydrogen (secondary N) is 1. The molecule has 2 rings (SSSR count).